The highest BCUT2D eigenvalue weighted by molar-refractivity contribution is 7.92. The number of carbonyl (C=O) groups is 1. The maximum absolute atomic E-state index is 13.1. The van der Waals surface area contributed by atoms with Crippen molar-refractivity contribution in [3.05, 3.63) is 87.9 Å². The molecule has 0 saturated carbocycles. The molecule has 1 N–H and O–H groups in total. The predicted octanol–water partition coefficient (Wildman–Crippen LogP) is 5.00. The van der Waals surface area contributed by atoms with Crippen molar-refractivity contribution in [3.8, 4) is 0 Å². The van der Waals surface area contributed by atoms with Crippen molar-refractivity contribution in [1.82, 2.24) is 0 Å². The number of benzene rings is 3. The van der Waals surface area contributed by atoms with E-state index in [1.54, 1.807) is 4.90 Å². The van der Waals surface area contributed by atoms with Crippen LogP contribution in [0, 0.1) is 0 Å². The second-order valence-corrected chi connectivity index (χ2v) is 9.12. The number of anilines is 2. The zero-order valence-corrected chi connectivity index (χ0v) is 17.4. The summed E-state index contributed by atoms with van der Waals surface area (Å²) >= 11 is 12.1. The summed E-state index contributed by atoms with van der Waals surface area (Å²) in [5, 5.41) is 0.697. The van der Waals surface area contributed by atoms with Crippen molar-refractivity contribution in [1.29, 1.82) is 0 Å². The summed E-state index contributed by atoms with van der Waals surface area (Å²) in [7, 11) is -3.83. The van der Waals surface area contributed by atoms with Gasteiger partial charge in [-0.2, -0.15) is 0 Å². The standard InChI is InChI=1S/C21H16Cl2N2O3S/c22-15-5-8-17(9-6-15)29(27,28)24-16-7-10-19(23)18(13-16)21(26)25-12-11-14-3-1-2-4-20(14)25/h1-10,13,24H,11-12H2. The molecule has 0 bridgehead atoms. The van der Waals surface area contributed by atoms with Gasteiger partial charge in [0.05, 0.1) is 15.5 Å². The quantitative estimate of drug-likeness (QED) is 0.613. The maximum Gasteiger partial charge on any atom is 0.261 e. The number of carbonyl (C=O) groups excluding carboxylic acids is 1. The van der Waals surface area contributed by atoms with Crippen LogP contribution < -0.4 is 9.62 Å². The third-order valence-electron chi connectivity index (χ3n) is 4.71. The summed E-state index contributed by atoms with van der Waals surface area (Å²) < 4.78 is 27.7. The molecule has 148 valence electrons. The fraction of sp³-hybridized carbons (Fsp3) is 0.0952. The van der Waals surface area contributed by atoms with E-state index in [4.69, 9.17) is 23.2 Å². The largest absolute Gasteiger partial charge is 0.308 e. The van der Waals surface area contributed by atoms with Crippen LogP contribution in [-0.2, 0) is 16.4 Å². The van der Waals surface area contributed by atoms with Crippen LogP contribution in [0.15, 0.2) is 71.6 Å². The summed E-state index contributed by atoms with van der Waals surface area (Å²) in [6.07, 6.45) is 0.766. The Morgan fingerprint density at radius 3 is 2.45 bits per heavy atom. The molecule has 0 atom stereocenters. The van der Waals surface area contributed by atoms with Gasteiger partial charge in [0.2, 0.25) is 0 Å². The number of nitrogens with one attached hydrogen (secondary N) is 1. The summed E-state index contributed by atoms with van der Waals surface area (Å²) in [5.41, 5.74) is 2.43. The molecule has 3 aromatic carbocycles. The van der Waals surface area contributed by atoms with Crippen LogP contribution in [0.5, 0.6) is 0 Å². The Labute approximate surface area is 178 Å². The molecular weight excluding hydrogens is 431 g/mol. The Hall–Kier alpha value is -2.54. The lowest BCUT2D eigenvalue weighted by Crippen LogP contribution is -2.29. The third-order valence-corrected chi connectivity index (χ3v) is 6.68. The van der Waals surface area contributed by atoms with Crippen LogP contribution in [0.2, 0.25) is 10.0 Å². The van der Waals surface area contributed by atoms with Gasteiger partial charge in [-0.05, 0) is 60.5 Å². The molecule has 0 aliphatic carbocycles. The molecule has 8 heteroatoms. The van der Waals surface area contributed by atoms with E-state index in [0.29, 0.717) is 11.6 Å². The molecule has 0 aromatic heterocycles. The van der Waals surface area contributed by atoms with Gasteiger partial charge in [0, 0.05) is 22.9 Å². The van der Waals surface area contributed by atoms with Gasteiger partial charge in [0.25, 0.3) is 15.9 Å². The van der Waals surface area contributed by atoms with E-state index in [0.717, 1.165) is 17.7 Å². The summed E-state index contributed by atoms with van der Waals surface area (Å²) in [4.78, 5) is 14.8. The lowest BCUT2D eigenvalue weighted by atomic mass is 10.1. The minimum absolute atomic E-state index is 0.0678. The molecular formula is C21H16Cl2N2O3S. The van der Waals surface area contributed by atoms with Gasteiger partial charge in [0.1, 0.15) is 0 Å². The van der Waals surface area contributed by atoms with Crippen LogP contribution in [0.25, 0.3) is 0 Å². The molecule has 1 aliphatic heterocycles. The number of hydrogen-bond acceptors (Lipinski definition) is 3. The first kappa shape index (κ1) is 19.8. The minimum atomic E-state index is -3.83. The molecule has 1 aliphatic rings. The van der Waals surface area contributed by atoms with Crippen LogP contribution in [-0.4, -0.2) is 20.9 Å². The second-order valence-electron chi connectivity index (χ2n) is 6.59. The first-order valence-corrected chi connectivity index (χ1v) is 11.1. The number of sulfonamides is 1. The van der Waals surface area contributed by atoms with Crippen molar-refractivity contribution >= 4 is 50.5 Å². The summed E-state index contributed by atoms with van der Waals surface area (Å²) in [6, 6.07) is 18.0. The van der Waals surface area contributed by atoms with E-state index in [-0.39, 0.29) is 27.1 Å². The van der Waals surface area contributed by atoms with Crippen LogP contribution in [0.3, 0.4) is 0 Å². The van der Waals surface area contributed by atoms with Crippen molar-refractivity contribution in [2.24, 2.45) is 0 Å². The van der Waals surface area contributed by atoms with Gasteiger partial charge in [-0.1, -0.05) is 41.4 Å². The van der Waals surface area contributed by atoms with E-state index in [9.17, 15) is 13.2 Å². The Morgan fingerprint density at radius 2 is 1.69 bits per heavy atom. The average Bonchev–Trinajstić information content (AvgIpc) is 3.13. The number of halogens is 2. The lowest BCUT2D eigenvalue weighted by molar-refractivity contribution is 0.0989. The first-order valence-electron chi connectivity index (χ1n) is 8.83. The number of nitrogens with zero attached hydrogens (tertiary/aromatic N) is 1. The smallest absolute Gasteiger partial charge is 0.261 e. The topological polar surface area (TPSA) is 66.5 Å². The minimum Gasteiger partial charge on any atom is -0.308 e. The number of rotatable bonds is 4. The number of hydrogen-bond donors (Lipinski definition) is 1. The third kappa shape index (κ3) is 3.96. The number of fused-ring (bicyclic) bond motifs is 1. The molecule has 3 aromatic rings. The lowest BCUT2D eigenvalue weighted by Gasteiger charge is -2.19. The van der Waals surface area contributed by atoms with E-state index < -0.39 is 10.0 Å². The van der Waals surface area contributed by atoms with Crippen LogP contribution in [0.1, 0.15) is 15.9 Å². The van der Waals surface area contributed by atoms with Crippen molar-refractivity contribution in [2.45, 2.75) is 11.3 Å². The average molecular weight is 447 g/mol. The van der Waals surface area contributed by atoms with Gasteiger partial charge in [-0.3, -0.25) is 9.52 Å². The van der Waals surface area contributed by atoms with Gasteiger partial charge in [0.15, 0.2) is 0 Å². The van der Waals surface area contributed by atoms with Gasteiger partial charge < -0.3 is 4.90 Å². The highest BCUT2D eigenvalue weighted by atomic mass is 35.5. The molecule has 1 heterocycles. The molecule has 4 rings (SSSR count). The Kier molecular flexibility index (Phi) is 5.25. The molecule has 0 fully saturated rings. The van der Waals surface area contributed by atoms with Gasteiger partial charge in [-0.15, -0.1) is 0 Å². The number of amides is 1. The molecule has 0 unspecified atom stereocenters. The predicted molar refractivity (Wildman–Crippen MR) is 116 cm³/mol. The Morgan fingerprint density at radius 1 is 0.966 bits per heavy atom. The summed E-state index contributed by atoms with van der Waals surface area (Å²) in [5.74, 6) is -0.271. The highest BCUT2D eigenvalue weighted by Gasteiger charge is 2.27. The Bertz CT molecular complexity index is 1190. The zero-order valence-electron chi connectivity index (χ0n) is 15.1. The van der Waals surface area contributed by atoms with Crippen molar-refractivity contribution in [3.63, 3.8) is 0 Å². The van der Waals surface area contributed by atoms with E-state index in [1.165, 1.54) is 42.5 Å². The molecule has 0 spiro atoms. The maximum atomic E-state index is 13.1. The Balaban J connectivity index is 1.63. The monoisotopic (exact) mass is 446 g/mol. The SMILES string of the molecule is O=C(c1cc(NS(=O)(=O)c2ccc(Cl)cc2)ccc1Cl)N1CCc2ccccc21. The van der Waals surface area contributed by atoms with Crippen molar-refractivity contribution < 1.29 is 13.2 Å². The fourth-order valence-corrected chi connectivity index (χ4v) is 4.65. The van der Waals surface area contributed by atoms with E-state index in [2.05, 4.69) is 4.72 Å². The highest BCUT2D eigenvalue weighted by Crippen LogP contribution is 2.31. The van der Waals surface area contributed by atoms with Crippen LogP contribution in [0.4, 0.5) is 11.4 Å². The first-order chi connectivity index (χ1) is 13.8. The normalized spacial score (nSPS) is 13.2. The van der Waals surface area contributed by atoms with Crippen molar-refractivity contribution in [2.75, 3.05) is 16.2 Å². The molecule has 0 radical (unpaired) electrons. The van der Waals surface area contributed by atoms with Gasteiger partial charge in [-0.25, -0.2) is 8.42 Å². The van der Waals surface area contributed by atoms with Crippen LogP contribution >= 0.6 is 23.2 Å². The van der Waals surface area contributed by atoms with E-state index >= 15 is 0 Å². The van der Waals surface area contributed by atoms with E-state index in [1.807, 2.05) is 24.3 Å². The number of para-hydroxylation sites is 1. The summed E-state index contributed by atoms with van der Waals surface area (Å²) in [6.45, 7) is 0.551. The molecule has 0 saturated heterocycles. The molecule has 1 amide bonds. The fourth-order valence-electron chi connectivity index (χ4n) is 3.28. The van der Waals surface area contributed by atoms with Gasteiger partial charge >= 0.3 is 0 Å². The molecule has 5 nitrogen and oxygen atoms in total. The molecule has 29 heavy (non-hydrogen) atoms. The second kappa shape index (κ2) is 7.71. The zero-order chi connectivity index (χ0) is 20.6.